The maximum Gasteiger partial charge on any atom is 0.257 e. The summed E-state index contributed by atoms with van der Waals surface area (Å²) in [5, 5.41) is 8.51. The van der Waals surface area contributed by atoms with Gasteiger partial charge in [-0.3, -0.25) is 9.48 Å². The molecule has 3 heterocycles. The monoisotopic (exact) mass is 354 g/mol. The van der Waals surface area contributed by atoms with Gasteiger partial charge in [0.25, 0.3) is 5.91 Å². The molecule has 134 valence electrons. The number of carbonyl (C=O) groups excluding carboxylic acids is 1. The van der Waals surface area contributed by atoms with Gasteiger partial charge in [-0.15, -0.1) is 0 Å². The van der Waals surface area contributed by atoms with Crippen LogP contribution in [-0.2, 0) is 7.05 Å². The van der Waals surface area contributed by atoms with Crippen molar-refractivity contribution in [3.05, 3.63) is 59.3 Å². The number of rotatable bonds is 3. The van der Waals surface area contributed by atoms with Gasteiger partial charge in [0.15, 0.2) is 5.76 Å². The third-order valence-corrected chi connectivity index (χ3v) is 4.68. The first kappa shape index (κ1) is 16.5. The summed E-state index contributed by atoms with van der Waals surface area (Å²) in [6.45, 7) is 2.43. The Bertz CT molecular complexity index is 962. The maximum absolute atomic E-state index is 14.1. The molecule has 3 aromatic rings. The highest BCUT2D eigenvalue weighted by Crippen LogP contribution is 2.38. The second kappa shape index (κ2) is 6.40. The fourth-order valence-corrected chi connectivity index (χ4v) is 3.52. The Hall–Kier alpha value is -2.96. The lowest BCUT2D eigenvalue weighted by Gasteiger charge is -2.24. The second-order valence-corrected chi connectivity index (χ2v) is 6.57. The highest BCUT2D eigenvalue weighted by atomic mass is 19.1. The van der Waals surface area contributed by atoms with Gasteiger partial charge in [0.2, 0.25) is 0 Å². The lowest BCUT2D eigenvalue weighted by atomic mass is 10.0. The zero-order chi connectivity index (χ0) is 18.3. The van der Waals surface area contributed by atoms with E-state index in [0.717, 1.165) is 29.8 Å². The third-order valence-electron chi connectivity index (χ3n) is 4.68. The van der Waals surface area contributed by atoms with E-state index in [1.165, 1.54) is 12.1 Å². The molecule has 0 N–H and O–H groups in total. The van der Waals surface area contributed by atoms with Crippen LogP contribution in [0.1, 0.15) is 40.6 Å². The molecule has 0 unspecified atom stereocenters. The van der Waals surface area contributed by atoms with E-state index >= 15 is 0 Å². The first-order chi connectivity index (χ1) is 12.5. The van der Waals surface area contributed by atoms with E-state index in [4.69, 9.17) is 4.52 Å². The molecule has 1 aliphatic rings. The molecule has 1 aliphatic heterocycles. The predicted octanol–water partition coefficient (Wildman–Crippen LogP) is 3.50. The van der Waals surface area contributed by atoms with Crippen LogP contribution in [0.4, 0.5) is 4.39 Å². The van der Waals surface area contributed by atoms with Gasteiger partial charge in [0.05, 0.1) is 28.6 Å². The van der Waals surface area contributed by atoms with Crippen LogP contribution < -0.4 is 0 Å². The fraction of sp³-hybridized carbons (Fsp3) is 0.316. The number of aryl methyl sites for hydroxylation is 2. The first-order valence-electron chi connectivity index (χ1n) is 8.57. The molecule has 1 atom stereocenters. The maximum atomic E-state index is 14.1. The van der Waals surface area contributed by atoms with E-state index in [-0.39, 0.29) is 17.5 Å². The van der Waals surface area contributed by atoms with Gasteiger partial charge in [-0.2, -0.15) is 5.10 Å². The third kappa shape index (κ3) is 2.79. The molecule has 1 saturated heterocycles. The SMILES string of the molecule is Cc1cc(-c2cn(C)nc2[C@H]2CCCN2C(=O)c2ccccc2F)on1. The Labute approximate surface area is 150 Å². The fourth-order valence-electron chi connectivity index (χ4n) is 3.52. The van der Waals surface area contributed by atoms with Gasteiger partial charge in [0, 0.05) is 25.9 Å². The van der Waals surface area contributed by atoms with E-state index in [9.17, 15) is 9.18 Å². The molecule has 6 nitrogen and oxygen atoms in total. The van der Waals surface area contributed by atoms with Crippen LogP contribution in [0.15, 0.2) is 41.1 Å². The van der Waals surface area contributed by atoms with Crippen molar-refractivity contribution in [3.63, 3.8) is 0 Å². The first-order valence-corrected chi connectivity index (χ1v) is 8.57. The number of amides is 1. The molecule has 1 aromatic carbocycles. The average molecular weight is 354 g/mol. The number of halogens is 1. The van der Waals surface area contributed by atoms with Gasteiger partial charge < -0.3 is 9.42 Å². The topological polar surface area (TPSA) is 64.2 Å². The molecule has 2 aromatic heterocycles. The summed E-state index contributed by atoms with van der Waals surface area (Å²) in [6.07, 6.45) is 3.48. The van der Waals surface area contributed by atoms with Crippen LogP contribution in [0.2, 0.25) is 0 Å². The zero-order valence-corrected chi connectivity index (χ0v) is 14.6. The largest absolute Gasteiger partial charge is 0.356 e. The van der Waals surface area contributed by atoms with Crippen molar-refractivity contribution in [3.8, 4) is 11.3 Å². The van der Waals surface area contributed by atoms with Crippen LogP contribution >= 0.6 is 0 Å². The van der Waals surface area contributed by atoms with Crippen LogP contribution in [0.25, 0.3) is 11.3 Å². The summed E-state index contributed by atoms with van der Waals surface area (Å²) in [5.41, 5.74) is 2.44. The van der Waals surface area contributed by atoms with E-state index < -0.39 is 5.82 Å². The zero-order valence-electron chi connectivity index (χ0n) is 14.6. The highest BCUT2D eigenvalue weighted by molar-refractivity contribution is 5.95. The van der Waals surface area contributed by atoms with Crippen LogP contribution in [0.3, 0.4) is 0 Å². The smallest absolute Gasteiger partial charge is 0.257 e. The Balaban J connectivity index is 1.72. The number of benzene rings is 1. The summed E-state index contributed by atoms with van der Waals surface area (Å²) in [5.74, 6) is -0.193. The molecule has 1 amide bonds. The summed E-state index contributed by atoms with van der Waals surface area (Å²) in [7, 11) is 1.83. The van der Waals surface area contributed by atoms with Crippen molar-refractivity contribution in [1.82, 2.24) is 19.8 Å². The van der Waals surface area contributed by atoms with Crippen LogP contribution in [0.5, 0.6) is 0 Å². The van der Waals surface area contributed by atoms with E-state index in [1.807, 2.05) is 26.2 Å². The molecular formula is C19H19FN4O2. The van der Waals surface area contributed by atoms with Crippen LogP contribution in [0, 0.1) is 12.7 Å². The molecule has 0 saturated carbocycles. The molecular weight excluding hydrogens is 335 g/mol. The summed E-state index contributed by atoms with van der Waals surface area (Å²) in [4.78, 5) is 14.6. The van der Waals surface area contributed by atoms with Gasteiger partial charge in [-0.25, -0.2) is 4.39 Å². The van der Waals surface area contributed by atoms with Crippen LogP contribution in [-0.4, -0.2) is 32.3 Å². The molecule has 1 fully saturated rings. The number of carbonyl (C=O) groups is 1. The Morgan fingerprint density at radius 1 is 1.35 bits per heavy atom. The average Bonchev–Trinajstić information content (AvgIpc) is 3.33. The Morgan fingerprint density at radius 2 is 2.15 bits per heavy atom. The van der Waals surface area contributed by atoms with Crippen molar-refractivity contribution < 1.29 is 13.7 Å². The Kier molecular flexibility index (Phi) is 4.06. The molecule has 4 rings (SSSR count). The van der Waals surface area contributed by atoms with E-state index in [0.29, 0.717) is 12.3 Å². The molecule has 0 radical (unpaired) electrons. The van der Waals surface area contributed by atoms with Crippen molar-refractivity contribution >= 4 is 5.91 Å². The number of aromatic nitrogens is 3. The Morgan fingerprint density at radius 3 is 2.88 bits per heavy atom. The van der Waals surface area contributed by atoms with Gasteiger partial charge in [-0.1, -0.05) is 17.3 Å². The highest BCUT2D eigenvalue weighted by Gasteiger charge is 2.35. The minimum absolute atomic E-state index is 0.0902. The molecule has 0 bridgehead atoms. The normalized spacial score (nSPS) is 17.0. The number of likely N-dealkylation sites (tertiary alicyclic amines) is 1. The van der Waals surface area contributed by atoms with Gasteiger partial charge in [0.1, 0.15) is 5.82 Å². The summed E-state index contributed by atoms with van der Waals surface area (Å²) in [6, 6.07) is 7.71. The molecule has 26 heavy (non-hydrogen) atoms. The van der Waals surface area contributed by atoms with Gasteiger partial charge >= 0.3 is 0 Å². The molecule has 7 heteroatoms. The van der Waals surface area contributed by atoms with E-state index in [1.54, 1.807) is 21.7 Å². The predicted molar refractivity (Wildman–Crippen MR) is 92.9 cm³/mol. The second-order valence-electron chi connectivity index (χ2n) is 6.57. The van der Waals surface area contributed by atoms with Crippen molar-refractivity contribution in [2.45, 2.75) is 25.8 Å². The molecule has 0 spiro atoms. The minimum atomic E-state index is -0.504. The lowest BCUT2D eigenvalue weighted by molar-refractivity contribution is 0.0728. The van der Waals surface area contributed by atoms with E-state index in [2.05, 4.69) is 10.3 Å². The number of nitrogens with zero attached hydrogens (tertiary/aromatic N) is 4. The lowest BCUT2D eigenvalue weighted by Crippen LogP contribution is -2.31. The van der Waals surface area contributed by atoms with Crippen molar-refractivity contribution in [1.29, 1.82) is 0 Å². The number of hydrogen-bond acceptors (Lipinski definition) is 4. The molecule has 0 aliphatic carbocycles. The van der Waals surface area contributed by atoms with Crippen molar-refractivity contribution in [2.75, 3.05) is 6.54 Å². The van der Waals surface area contributed by atoms with Gasteiger partial charge in [-0.05, 0) is 31.9 Å². The number of hydrogen-bond donors (Lipinski definition) is 0. The summed E-state index contributed by atoms with van der Waals surface area (Å²) < 4.78 is 21.2. The minimum Gasteiger partial charge on any atom is -0.356 e. The van der Waals surface area contributed by atoms with Crippen molar-refractivity contribution in [2.24, 2.45) is 7.05 Å². The standard InChI is InChI=1S/C19H19FN4O2/c1-12-10-17(26-22-12)14-11-23(2)21-18(14)16-8-5-9-24(16)19(25)13-6-3-4-7-15(13)20/h3-4,6-7,10-11,16H,5,8-9H2,1-2H3/t16-/m1/s1. The summed E-state index contributed by atoms with van der Waals surface area (Å²) >= 11 is 0. The quantitative estimate of drug-likeness (QED) is 0.722.